The van der Waals surface area contributed by atoms with E-state index in [1.54, 1.807) is 6.07 Å². The Balaban J connectivity index is 1.36. The number of hydrogen-bond acceptors (Lipinski definition) is 3. The third-order valence-corrected chi connectivity index (χ3v) is 6.21. The van der Waals surface area contributed by atoms with Crippen LogP contribution >= 0.6 is 0 Å². The van der Waals surface area contributed by atoms with Gasteiger partial charge in [-0.3, -0.25) is 14.9 Å². The van der Waals surface area contributed by atoms with Crippen molar-refractivity contribution < 1.29 is 14.4 Å². The number of nitrogens with one attached hydrogen (secondary N) is 3. The molecule has 0 spiro atoms. The molecule has 0 bridgehead atoms. The SMILES string of the molecule is O=C1NC(=O)[C@](CNC(=O)c2ccccc2-c2ccc(C3CC3)cc2)(C2CC2)N1. The minimum atomic E-state index is -1.03. The van der Waals surface area contributed by atoms with Gasteiger partial charge < -0.3 is 10.6 Å². The van der Waals surface area contributed by atoms with Crippen molar-refractivity contribution in [2.24, 2.45) is 5.92 Å². The first kappa shape index (κ1) is 17.9. The van der Waals surface area contributed by atoms with Gasteiger partial charge in [0.05, 0.1) is 6.54 Å². The fourth-order valence-electron chi connectivity index (χ4n) is 4.24. The molecular weight excluding hydrogens is 366 g/mol. The Morgan fingerprint density at radius 3 is 2.34 bits per heavy atom. The second-order valence-corrected chi connectivity index (χ2v) is 8.28. The van der Waals surface area contributed by atoms with Crippen molar-refractivity contribution in [1.29, 1.82) is 0 Å². The standard InChI is InChI=1S/C23H23N3O3/c27-20(24-13-23(17-11-12-17)21(28)25-22(29)26-23)19-4-2-1-3-18(19)16-9-7-15(8-10-16)14-5-6-14/h1-4,7-10,14,17H,5-6,11-13H2,(H,24,27)(H2,25,26,28,29)/t23-/m0/s1. The molecule has 3 fully saturated rings. The second-order valence-electron chi connectivity index (χ2n) is 8.28. The van der Waals surface area contributed by atoms with Gasteiger partial charge in [0.1, 0.15) is 5.54 Å². The Hall–Kier alpha value is -3.15. The van der Waals surface area contributed by atoms with Crippen LogP contribution < -0.4 is 16.0 Å². The van der Waals surface area contributed by atoms with Crippen LogP contribution in [0.3, 0.4) is 0 Å². The van der Waals surface area contributed by atoms with Gasteiger partial charge in [0.2, 0.25) is 0 Å². The lowest BCUT2D eigenvalue weighted by atomic mass is 9.92. The molecule has 0 radical (unpaired) electrons. The predicted octanol–water partition coefficient (Wildman–Crippen LogP) is 2.95. The topological polar surface area (TPSA) is 87.3 Å². The van der Waals surface area contributed by atoms with Crippen LogP contribution in [0.2, 0.25) is 0 Å². The van der Waals surface area contributed by atoms with Gasteiger partial charge in [-0.1, -0.05) is 42.5 Å². The van der Waals surface area contributed by atoms with Crippen LogP contribution in [0.15, 0.2) is 48.5 Å². The quantitative estimate of drug-likeness (QED) is 0.664. The molecule has 5 rings (SSSR count). The van der Waals surface area contributed by atoms with Crippen LogP contribution in [0.5, 0.6) is 0 Å². The molecule has 0 unspecified atom stereocenters. The summed E-state index contributed by atoms with van der Waals surface area (Å²) in [5.74, 6) is 0.156. The van der Waals surface area contributed by atoms with E-state index in [-0.39, 0.29) is 24.3 Å². The number of benzene rings is 2. The van der Waals surface area contributed by atoms with Crippen molar-refractivity contribution >= 4 is 17.8 Å². The molecule has 4 amide bonds. The molecule has 2 aliphatic carbocycles. The van der Waals surface area contributed by atoms with Crippen molar-refractivity contribution in [2.75, 3.05) is 6.54 Å². The van der Waals surface area contributed by atoms with Gasteiger partial charge in [-0.25, -0.2) is 4.79 Å². The number of carbonyl (C=O) groups excluding carboxylic acids is 3. The molecule has 3 aliphatic rings. The lowest BCUT2D eigenvalue weighted by Gasteiger charge is -2.26. The first-order valence-electron chi connectivity index (χ1n) is 10.2. The number of imide groups is 1. The van der Waals surface area contributed by atoms with Gasteiger partial charge in [-0.05, 0) is 60.3 Å². The molecule has 6 nitrogen and oxygen atoms in total. The largest absolute Gasteiger partial charge is 0.349 e. The minimum absolute atomic E-state index is 0.0689. The number of rotatable bonds is 6. The number of hydrogen-bond donors (Lipinski definition) is 3. The molecular formula is C23H23N3O3. The van der Waals surface area contributed by atoms with Crippen LogP contribution in [-0.4, -0.2) is 29.9 Å². The van der Waals surface area contributed by atoms with Gasteiger partial charge in [0.25, 0.3) is 11.8 Å². The predicted molar refractivity (Wildman–Crippen MR) is 108 cm³/mol. The van der Waals surface area contributed by atoms with Gasteiger partial charge in [-0.15, -0.1) is 0 Å². The fourth-order valence-corrected chi connectivity index (χ4v) is 4.24. The fraction of sp³-hybridized carbons (Fsp3) is 0.348. The zero-order valence-corrected chi connectivity index (χ0v) is 16.0. The zero-order chi connectivity index (χ0) is 20.0. The maximum Gasteiger partial charge on any atom is 0.322 e. The zero-order valence-electron chi connectivity index (χ0n) is 16.0. The van der Waals surface area contributed by atoms with Gasteiger partial charge >= 0.3 is 6.03 Å². The van der Waals surface area contributed by atoms with Crippen LogP contribution in [-0.2, 0) is 4.79 Å². The summed E-state index contributed by atoms with van der Waals surface area (Å²) in [6.07, 6.45) is 4.25. The van der Waals surface area contributed by atoms with E-state index in [1.807, 2.05) is 18.2 Å². The summed E-state index contributed by atoms with van der Waals surface area (Å²) in [4.78, 5) is 37.0. The summed E-state index contributed by atoms with van der Waals surface area (Å²) in [6.45, 7) is 0.0863. The highest BCUT2D eigenvalue weighted by Crippen LogP contribution is 2.41. The first-order chi connectivity index (χ1) is 14.1. The van der Waals surface area contributed by atoms with Crippen molar-refractivity contribution in [3.63, 3.8) is 0 Å². The molecule has 3 N–H and O–H groups in total. The molecule has 1 aliphatic heterocycles. The van der Waals surface area contributed by atoms with E-state index in [2.05, 4.69) is 40.2 Å². The third-order valence-electron chi connectivity index (χ3n) is 6.21. The average Bonchev–Trinajstić information content (AvgIpc) is 3.64. The van der Waals surface area contributed by atoms with Crippen LogP contribution in [0, 0.1) is 5.92 Å². The van der Waals surface area contributed by atoms with E-state index >= 15 is 0 Å². The molecule has 1 saturated heterocycles. The Labute approximate surface area is 169 Å². The summed E-state index contributed by atoms with van der Waals surface area (Å²) < 4.78 is 0. The summed E-state index contributed by atoms with van der Waals surface area (Å²) in [7, 11) is 0. The number of amides is 4. The van der Waals surface area contributed by atoms with Gasteiger partial charge in [0.15, 0.2) is 0 Å². The van der Waals surface area contributed by atoms with Gasteiger partial charge in [0, 0.05) is 5.56 Å². The van der Waals surface area contributed by atoms with E-state index in [4.69, 9.17) is 0 Å². The highest BCUT2D eigenvalue weighted by atomic mass is 16.2. The molecule has 2 aromatic rings. The number of carbonyl (C=O) groups is 3. The summed E-state index contributed by atoms with van der Waals surface area (Å²) in [5.41, 5.74) is 2.72. The summed E-state index contributed by atoms with van der Waals surface area (Å²) >= 11 is 0. The molecule has 0 aromatic heterocycles. The van der Waals surface area contributed by atoms with Crippen LogP contribution in [0.1, 0.15) is 47.5 Å². The first-order valence-corrected chi connectivity index (χ1v) is 10.2. The molecule has 6 heteroatoms. The number of urea groups is 1. The Kier molecular flexibility index (Phi) is 4.15. The van der Waals surface area contributed by atoms with E-state index in [9.17, 15) is 14.4 Å². The third kappa shape index (κ3) is 3.28. The van der Waals surface area contributed by atoms with Crippen molar-refractivity contribution in [2.45, 2.75) is 37.1 Å². The van der Waals surface area contributed by atoms with E-state index in [0.29, 0.717) is 11.5 Å². The molecule has 2 aromatic carbocycles. The molecule has 1 atom stereocenters. The lowest BCUT2D eigenvalue weighted by molar-refractivity contribution is -0.124. The van der Waals surface area contributed by atoms with E-state index in [1.165, 1.54) is 18.4 Å². The Morgan fingerprint density at radius 1 is 1.00 bits per heavy atom. The normalized spacial score (nSPS) is 23.4. The summed E-state index contributed by atoms with van der Waals surface area (Å²) in [5, 5.41) is 7.94. The lowest BCUT2D eigenvalue weighted by Crippen LogP contribution is -2.57. The van der Waals surface area contributed by atoms with E-state index < -0.39 is 11.6 Å². The second kappa shape index (κ2) is 6.72. The van der Waals surface area contributed by atoms with Crippen molar-refractivity contribution in [1.82, 2.24) is 16.0 Å². The van der Waals surface area contributed by atoms with Crippen molar-refractivity contribution in [3.05, 3.63) is 59.7 Å². The maximum absolute atomic E-state index is 13.0. The van der Waals surface area contributed by atoms with Crippen molar-refractivity contribution in [3.8, 4) is 11.1 Å². The Bertz CT molecular complexity index is 993. The highest BCUT2D eigenvalue weighted by molar-refractivity contribution is 6.08. The molecule has 2 saturated carbocycles. The Morgan fingerprint density at radius 2 is 1.72 bits per heavy atom. The van der Waals surface area contributed by atoms with Crippen LogP contribution in [0.25, 0.3) is 11.1 Å². The van der Waals surface area contributed by atoms with Crippen LogP contribution in [0.4, 0.5) is 4.79 Å². The maximum atomic E-state index is 13.0. The van der Waals surface area contributed by atoms with E-state index in [0.717, 1.165) is 24.0 Å². The average molecular weight is 389 g/mol. The summed E-state index contributed by atoms with van der Waals surface area (Å²) in [6, 6.07) is 15.4. The monoisotopic (exact) mass is 389 g/mol. The molecule has 148 valence electrons. The molecule has 1 heterocycles. The highest BCUT2D eigenvalue weighted by Gasteiger charge is 2.56. The minimum Gasteiger partial charge on any atom is -0.349 e. The smallest absolute Gasteiger partial charge is 0.322 e. The molecule has 29 heavy (non-hydrogen) atoms. The van der Waals surface area contributed by atoms with Gasteiger partial charge in [-0.2, -0.15) is 0 Å².